The summed E-state index contributed by atoms with van der Waals surface area (Å²) < 4.78 is 13.6. The number of piperidine rings is 1. The molecule has 0 radical (unpaired) electrons. The lowest BCUT2D eigenvalue weighted by Crippen LogP contribution is -2.37. The minimum atomic E-state index is -0.401. The molecule has 1 aromatic carbocycles. The van der Waals surface area contributed by atoms with Gasteiger partial charge in [0.2, 0.25) is 5.91 Å². The number of amides is 1. The van der Waals surface area contributed by atoms with Crippen molar-refractivity contribution in [3.8, 4) is 5.75 Å². The first-order valence-corrected chi connectivity index (χ1v) is 13.0. The van der Waals surface area contributed by atoms with Gasteiger partial charge in [0, 0.05) is 44.7 Å². The summed E-state index contributed by atoms with van der Waals surface area (Å²) in [5, 5.41) is 17.5. The molecular weight excluding hydrogens is 444 g/mol. The summed E-state index contributed by atoms with van der Waals surface area (Å²) in [6, 6.07) is 8.30. The lowest BCUT2D eigenvalue weighted by Gasteiger charge is -2.26. The molecule has 1 aliphatic heterocycles. The summed E-state index contributed by atoms with van der Waals surface area (Å²) in [5.74, 6) is 1.60. The molecule has 1 atom stereocenters. The Morgan fingerprint density at radius 1 is 1.17 bits per heavy atom. The van der Waals surface area contributed by atoms with Crippen LogP contribution in [0.4, 0.5) is 0 Å². The van der Waals surface area contributed by atoms with E-state index in [1.165, 1.54) is 11.1 Å². The maximum Gasteiger partial charge on any atom is 0.547 e. The third-order valence-electron chi connectivity index (χ3n) is 6.80. The zero-order valence-corrected chi connectivity index (χ0v) is 21.9. The molecule has 1 aromatic rings. The van der Waals surface area contributed by atoms with E-state index >= 15 is 0 Å². The number of aliphatic hydroxyl groups excluding tert-OH is 1. The quantitative estimate of drug-likeness (QED) is 0.341. The van der Waals surface area contributed by atoms with Gasteiger partial charge in [-0.15, -0.1) is 0 Å². The first kappa shape index (κ1) is 27.1. The third kappa shape index (κ3) is 8.27. The van der Waals surface area contributed by atoms with Gasteiger partial charge in [0.15, 0.2) is 0 Å². The highest BCUT2D eigenvalue weighted by molar-refractivity contribution is 5.80. The summed E-state index contributed by atoms with van der Waals surface area (Å²) in [4.78, 5) is 14.4. The molecule has 0 spiro atoms. The molecule has 7 nitrogen and oxygen atoms in total. The van der Waals surface area contributed by atoms with Crippen LogP contribution < -0.4 is 4.74 Å². The first-order chi connectivity index (χ1) is 16.7. The summed E-state index contributed by atoms with van der Waals surface area (Å²) in [5.41, 5.74) is 2.10. The standard InChI is InChI=1S/C28H42N2O5/c1-28(2,3)35-27(33)30-17-14-21(15-18-30)20-34-25-12-10-23(11-13-25)22-6-8-24(9-7-22)26(32)29(4)16-5-19-31/h6,10-13,21,24,31H,5,7-9,14-20H2,1-4H3/p+2. The van der Waals surface area contributed by atoms with Gasteiger partial charge in [0.1, 0.15) is 31.0 Å². The van der Waals surface area contributed by atoms with Gasteiger partial charge in [0.05, 0.1) is 6.61 Å². The predicted molar refractivity (Wildman–Crippen MR) is 139 cm³/mol. The Kier molecular flexibility index (Phi) is 9.61. The second-order valence-electron chi connectivity index (χ2n) is 10.8. The van der Waals surface area contributed by atoms with Crippen molar-refractivity contribution in [1.29, 1.82) is 0 Å². The van der Waals surface area contributed by atoms with Crippen LogP contribution in [0.25, 0.3) is 5.57 Å². The van der Waals surface area contributed by atoms with Crippen LogP contribution in [0.2, 0.25) is 0 Å². The van der Waals surface area contributed by atoms with Crippen molar-refractivity contribution < 1.29 is 29.1 Å². The Hall–Kier alpha value is -2.54. The molecule has 0 bridgehead atoms. The monoisotopic (exact) mass is 488 g/mol. The fourth-order valence-electron chi connectivity index (χ4n) is 4.67. The van der Waals surface area contributed by atoms with Gasteiger partial charge in [-0.05, 0) is 63.3 Å². The Morgan fingerprint density at radius 2 is 1.86 bits per heavy atom. The molecule has 1 saturated heterocycles. The first-order valence-electron chi connectivity index (χ1n) is 13.0. The number of rotatable bonds is 8. The maximum absolute atomic E-state index is 12.6. The van der Waals surface area contributed by atoms with Gasteiger partial charge in [-0.1, -0.05) is 18.2 Å². The highest BCUT2D eigenvalue weighted by Crippen LogP contribution is 2.32. The van der Waals surface area contributed by atoms with Crippen LogP contribution in [0.3, 0.4) is 0 Å². The Labute approximate surface area is 210 Å². The van der Waals surface area contributed by atoms with Gasteiger partial charge < -0.3 is 24.6 Å². The van der Waals surface area contributed by atoms with Crippen molar-refractivity contribution >= 4 is 17.6 Å². The van der Waals surface area contributed by atoms with Gasteiger partial charge >= 0.3 is 6.08 Å². The molecule has 1 amide bonds. The highest BCUT2D eigenvalue weighted by atomic mass is 16.6. The molecule has 3 rings (SSSR count). The Bertz CT molecular complexity index is 891. The third-order valence-corrected chi connectivity index (χ3v) is 6.80. The van der Waals surface area contributed by atoms with Crippen LogP contribution in [-0.4, -0.2) is 77.2 Å². The number of hydrogen-bond donors (Lipinski definition) is 1. The van der Waals surface area contributed by atoms with Crippen LogP contribution in [0, 0.1) is 11.8 Å². The average molecular weight is 489 g/mol. The number of aliphatic hydroxyl groups is 1. The number of hydrogen-bond acceptors (Lipinski definition) is 3. The lowest BCUT2D eigenvalue weighted by atomic mass is 9.86. The van der Waals surface area contributed by atoms with Crippen LogP contribution >= 0.6 is 0 Å². The van der Waals surface area contributed by atoms with Crippen molar-refractivity contribution in [3.05, 3.63) is 35.9 Å². The molecule has 7 heteroatoms. The zero-order valence-electron chi connectivity index (χ0n) is 21.9. The van der Waals surface area contributed by atoms with Gasteiger partial charge in [-0.3, -0.25) is 4.79 Å². The van der Waals surface area contributed by atoms with E-state index < -0.39 is 5.60 Å². The summed E-state index contributed by atoms with van der Waals surface area (Å²) >= 11 is 0. The highest BCUT2D eigenvalue weighted by Gasteiger charge is 2.29. The molecule has 0 saturated carbocycles. The maximum atomic E-state index is 12.6. The zero-order chi connectivity index (χ0) is 25.4. The van der Waals surface area contributed by atoms with E-state index in [9.17, 15) is 9.90 Å². The van der Waals surface area contributed by atoms with Crippen LogP contribution in [0.1, 0.15) is 64.9 Å². The minimum absolute atomic E-state index is 0.0244. The SMILES string of the molecule is CN(CCC[OH2+])C(=O)C1CC=C(c2ccc(OCC3CC[N+](=C(O)OC(C)(C)C)CC3)cc2)CC1. The van der Waals surface area contributed by atoms with E-state index in [-0.39, 0.29) is 17.9 Å². The van der Waals surface area contributed by atoms with Gasteiger partial charge in [0.25, 0.3) is 0 Å². The largest absolute Gasteiger partial charge is 0.547 e. The van der Waals surface area contributed by atoms with E-state index in [2.05, 4.69) is 18.2 Å². The summed E-state index contributed by atoms with van der Waals surface area (Å²) in [6.45, 7) is 9.04. The van der Waals surface area contributed by atoms with Gasteiger partial charge in [-0.2, -0.15) is 4.58 Å². The molecule has 1 heterocycles. The van der Waals surface area contributed by atoms with Crippen molar-refractivity contribution in [2.75, 3.05) is 39.9 Å². The Morgan fingerprint density at radius 3 is 2.43 bits per heavy atom. The number of carbonyl (C=O) groups is 1. The average Bonchev–Trinajstić information content (AvgIpc) is 2.85. The van der Waals surface area contributed by atoms with Crippen molar-refractivity contribution in [3.63, 3.8) is 0 Å². The molecule has 1 unspecified atom stereocenters. The molecule has 0 aromatic heterocycles. The van der Waals surface area contributed by atoms with Crippen LogP contribution in [0.15, 0.2) is 30.3 Å². The molecule has 35 heavy (non-hydrogen) atoms. The summed E-state index contributed by atoms with van der Waals surface area (Å²) in [7, 11) is 1.85. The van der Waals surface area contributed by atoms with Crippen LogP contribution in [0.5, 0.6) is 5.75 Å². The van der Waals surface area contributed by atoms with E-state index in [1.54, 1.807) is 4.90 Å². The fraction of sp³-hybridized carbons (Fsp3) is 0.643. The molecule has 1 aliphatic carbocycles. The number of allylic oxidation sites excluding steroid dienone is 2. The number of ether oxygens (including phenoxy) is 2. The van der Waals surface area contributed by atoms with E-state index in [1.807, 2.05) is 44.5 Å². The normalized spacial score (nSPS) is 20.7. The van der Waals surface area contributed by atoms with E-state index in [0.717, 1.165) is 57.4 Å². The summed E-state index contributed by atoms with van der Waals surface area (Å²) in [6.07, 6.45) is 7.45. The van der Waals surface area contributed by atoms with Gasteiger partial charge in [-0.25, -0.2) is 0 Å². The second-order valence-corrected chi connectivity index (χ2v) is 10.8. The topological polar surface area (TPSA) is 84.9 Å². The predicted octanol–water partition coefficient (Wildman–Crippen LogP) is 3.97. The molecule has 1 fully saturated rings. The van der Waals surface area contributed by atoms with Crippen molar-refractivity contribution in [2.24, 2.45) is 11.8 Å². The molecule has 2 aliphatic rings. The number of carbonyl (C=O) groups excluding carboxylic acids is 1. The van der Waals surface area contributed by atoms with Crippen molar-refractivity contribution in [2.45, 2.75) is 64.9 Å². The van der Waals surface area contributed by atoms with E-state index in [0.29, 0.717) is 25.7 Å². The number of nitrogens with zero attached hydrogens (tertiary/aromatic N) is 2. The molecule has 3 N–H and O–H groups in total. The fourth-order valence-corrected chi connectivity index (χ4v) is 4.67. The van der Waals surface area contributed by atoms with E-state index in [4.69, 9.17) is 14.6 Å². The lowest BCUT2D eigenvalue weighted by molar-refractivity contribution is -0.558. The molecular formula is C28H44N2O5+2. The Balaban J connectivity index is 1.44. The molecule has 194 valence electrons. The van der Waals surface area contributed by atoms with Crippen LogP contribution in [-0.2, 0) is 9.53 Å². The smallest absolute Gasteiger partial charge is 0.493 e. The number of benzene rings is 1. The second kappa shape index (κ2) is 12.4. The minimum Gasteiger partial charge on any atom is -0.493 e. The van der Waals surface area contributed by atoms with Crippen molar-refractivity contribution in [1.82, 2.24) is 4.90 Å².